The number of benzene rings is 1. The quantitative estimate of drug-likeness (QED) is 0.359. The summed E-state index contributed by atoms with van der Waals surface area (Å²) in [6, 6.07) is 4.35. The number of Topliss-reactive ketones (excluding diaryl/α,β-unsaturated/α-hetero) is 1. The summed E-state index contributed by atoms with van der Waals surface area (Å²) < 4.78 is 41.1. The Labute approximate surface area is 194 Å². The summed E-state index contributed by atoms with van der Waals surface area (Å²) in [4.78, 5) is 12.9. The Balaban J connectivity index is 1.83. The molecule has 1 aliphatic carbocycles. The molecular formula is C27H35F3OS. The molecule has 0 aliphatic heterocycles. The number of fused-ring (bicyclic) bond motifs is 1. The Bertz CT molecular complexity index is 982. The number of carbonyl (C=O) groups is 1. The summed E-state index contributed by atoms with van der Waals surface area (Å²) in [7, 11) is 0. The molecule has 5 heteroatoms. The second-order valence-electron chi connectivity index (χ2n) is 9.99. The number of hydrogen-bond acceptors (Lipinski definition) is 2. The molecule has 1 heterocycles. The molecule has 1 aromatic heterocycles. The van der Waals surface area contributed by atoms with Crippen molar-refractivity contribution in [3.8, 4) is 0 Å². The lowest BCUT2D eigenvalue weighted by Crippen LogP contribution is -2.24. The van der Waals surface area contributed by atoms with E-state index in [2.05, 4.69) is 32.9 Å². The minimum Gasteiger partial charge on any atom is -0.293 e. The van der Waals surface area contributed by atoms with E-state index in [1.807, 2.05) is 13.8 Å². The highest BCUT2D eigenvalue weighted by molar-refractivity contribution is 7.14. The van der Waals surface area contributed by atoms with E-state index in [-0.39, 0.29) is 17.6 Å². The molecule has 1 aliphatic rings. The summed E-state index contributed by atoms with van der Waals surface area (Å²) in [5.74, 6) is -0.146. The van der Waals surface area contributed by atoms with E-state index in [9.17, 15) is 18.0 Å². The van der Waals surface area contributed by atoms with Crippen molar-refractivity contribution in [2.24, 2.45) is 5.41 Å². The first-order valence-electron chi connectivity index (χ1n) is 11.8. The van der Waals surface area contributed by atoms with Crippen molar-refractivity contribution in [3.05, 3.63) is 55.3 Å². The van der Waals surface area contributed by atoms with Gasteiger partial charge in [0.25, 0.3) is 0 Å². The molecule has 0 saturated heterocycles. The fraction of sp³-hybridized carbons (Fsp3) is 0.593. The van der Waals surface area contributed by atoms with Crippen LogP contribution in [0.5, 0.6) is 0 Å². The van der Waals surface area contributed by atoms with Crippen LogP contribution in [0, 0.1) is 12.3 Å². The van der Waals surface area contributed by atoms with Gasteiger partial charge in [0.15, 0.2) is 5.78 Å². The molecule has 0 amide bonds. The number of rotatable bonds is 8. The number of ketones is 1. The lowest BCUT2D eigenvalue weighted by atomic mass is 9.74. The van der Waals surface area contributed by atoms with E-state index in [1.54, 1.807) is 0 Å². The zero-order chi connectivity index (χ0) is 23.7. The van der Waals surface area contributed by atoms with Crippen LogP contribution in [0.4, 0.5) is 13.2 Å². The maximum Gasteiger partial charge on any atom is 0.425 e. The summed E-state index contributed by atoms with van der Waals surface area (Å²) in [5.41, 5.74) is 5.97. The monoisotopic (exact) mass is 464 g/mol. The average molecular weight is 465 g/mol. The van der Waals surface area contributed by atoms with Crippen molar-refractivity contribution >= 4 is 17.1 Å². The molecule has 0 atom stereocenters. The highest BCUT2D eigenvalue weighted by Gasteiger charge is 2.42. The van der Waals surface area contributed by atoms with Crippen LogP contribution < -0.4 is 0 Å². The number of thiophene rings is 1. The van der Waals surface area contributed by atoms with Gasteiger partial charge < -0.3 is 0 Å². The molecule has 0 bridgehead atoms. The number of alkyl halides is 3. The molecule has 1 aromatic carbocycles. The van der Waals surface area contributed by atoms with Crippen molar-refractivity contribution in [1.29, 1.82) is 0 Å². The van der Waals surface area contributed by atoms with Crippen LogP contribution in [0.3, 0.4) is 0 Å². The van der Waals surface area contributed by atoms with Crippen LogP contribution in [0.1, 0.15) is 101 Å². The molecule has 2 aromatic rings. The van der Waals surface area contributed by atoms with Crippen LogP contribution in [-0.2, 0) is 38.3 Å². The van der Waals surface area contributed by atoms with Gasteiger partial charge in [0, 0.05) is 6.42 Å². The van der Waals surface area contributed by atoms with Gasteiger partial charge in [0.2, 0.25) is 0 Å². The Morgan fingerprint density at radius 1 is 1.12 bits per heavy atom. The van der Waals surface area contributed by atoms with E-state index < -0.39 is 11.1 Å². The summed E-state index contributed by atoms with van der Waals surface area (Å²) in [5, 5.41) is 0. The molecule has 3 rings (SSSR count). The number of carbonyl (C=O) groups excluding carboxylic acids is 1. The van der Waals surface area contributed by atoms with Gasteiger partial charge in [-0.25, -0.2) is 0 Å². The first-order valence-corrected chi connectivity index (χ1v) is 12.6. The first kappa shape index (κ1) is 25.0. The van der Waals surface area contributed by atoms with Gasteiger partial charge in [-0.1, -0.05) is 46.2 Å². The largest absolute Gasteiger partial charge is 0.425 e. The van der Waals surface area contributed by atoms with E-state index in [4.69, 9.17) is 0 Å². The lowest BCUT2D eigenvalue weighted by Gasteiger charge is -2.30. The van der Waals surface area contributed by atoms with E-state index in [0.29, 0.717) is 46.6 Å². The van der Waals surface area contributed by atoms with E-state index in [1.165, 1.54) is 16.7 Å². The Hall–Kier alpha value is -1.62. The van der Waals surface area contributed by atoms with Gasteiger partial charge in [-0.2, -0.15) is 13.2 Å². The maximum absolute atomic E-state index is 13.7. The van der Waals surface area contributed by atoms with Crippen LogP contribution in [-0.4, -0.2) is 5.78 Å². The maximum atomic E-state index is 13.7. The molecule has 32 heavy (non-hydrogen) atoms. The minimum absolute atomic E-state index is 0.146. The molecule has 1 nitrogen and oxygen atoms in total. The highest BCUT2D eigenvalue weighted by Crippen LogP contribution is 2.47. The summed E-state index contributed by atoms with van der Waals surface area (Å²) in [6.45, 7) is 10.5. The van der Waals surface area contributed by atoms with Crippen LogP contribution in [0.25, 0.3) is 0 Å². The number of halogens is 3. The van der Waals surface area contributed by atoms with Gasteiger partial charge in [0.05, 0.1) is 4.88 Å². The fourth-order valence-corrected chi connectivity index (χ4v) is 6.15. The topological polar surface area (TPSA) is 17.1 Å². The Morgan fingerprint density at radius 2 is 1.84 bits per heavy atom. The van der Waals surface area contributed by atoms with Crippen LogP contribution in [0.2, 0.25) is 0 Å². The molecule has 0 unspecified atom stereocenters. The number of aryl methyl sites for hydroxylation is 3. The standard InChI is InChI=1S/C27H35F3OS/c1-6-8-9-20-17(3)14-18(15-19(20)7-2)10-11-23(31)24-21-12-13-26(4,5)16-22(21)25(32-24)27(28,29)30/h14-15H,6-13,16H2,1-5H3. The van der Waals surface area contributed by atoms with Crippen molar-refractivity contribution in [2.45, 2.75) is 98.6 Å². The molecule has 0 N–H and O–H groups in total. The number of unbranched alkanes of at least 4 members (excludes halogenated alkanes) is 1. The fourth-order valence-electron chi connectivity index (χ4n) is 4.95. The third kappa shape index (κ3) is 5.47. The van der Waals surface area contributed by atoms with Crippen molar-refractivity contribution < 1.29 is 18.0 Å². The third-order valence-corrected chi connectivity index (χ3v) is 8.12. The molecule has 176 valence electrons. The van der Waals surface area contributed by atoms with Crippen molar-refractivity contribution in [3.63, 3.8) is 0 Å². The summed E-state index contributed by atoms with van der Waals surface area (Å²) >= 11 is 0.674. The van der Waals surface area contributed by atoms with Crippen LogP contribution in [0.15, 0.2) is 12.1 Å². The van der Waals surface area contributed by atoms with Gasteiger partial charge in [-0.05, 0) is 90.7 Å². The Morgan fingerprint density at radius 3 is 2.47 bits per heavy atom. The third-order valence-electron chi connectivity index (χ3n) is 6.76. The molecule has 0 fully saturated rings. The second-order valence-corrected chi connectivity index (χ2v) is 11.0. The minimum atomic E-state index is -4.40. The second kappa shape index (κ2) is 9.70. The van der Waals surface area contributed by atoms with Crippen LogP contribution >= 0.6 is 11.3 Å². The predicted molar refractivity (Wildman–Crippen MR) is 127 cm³/mol. The van der Waals surface area contributed by atoms with E-state index in [0.717, 1.165) is 37.7 Å². The molecule has 0 spiro atoms. The smallest absolute Gasteiger partial charge is 0.293 e. The lowest BCUT2D eigenvalue weighted by molar-refractivity contribution is -0.135. The van der Waals surface area contributed by atoms with Gasteiger partial charge in [-0.15, -0.1) is 11.3 Å². The van der Waals surface area contributed by atoms with Crippen molar-refractivity contribution in [1.82, 2.24) is 0 Å². The summed E-state index contributed by atoms with van der Waals surface area (Å²) in [6.07, 6.45) is 2.52. The predicted octanol–water partition coefficient (Wildman–Crippen LogP) is 8.31. The van der Waals surface area contributed by atoms with Gasteiger partial charge >= 0.3 is 6.18 Å². The molecular weight excluding hydrogens is 429 g/mol. The van der Waals surface area contributed by atoms with Gasteiger partial charge in [0.1, 0.15) is 4.88 Å². The zero-order valence-electron chi connectivity index (χ0n) is 20.0. The normalized spacial score (nSPS) is 15.6. The first-order chi connectivity index (χ1) is 15.0. The number of hydrogen-bond donors (Lipinski definition) is 0. The zero-order valence-corrected chi connectivity index (χ0v) is 20.8. The average Bonchev–Trinajstić information content (AvgIpc) is 3.08. The van der Waals surface area contributed by atoms with Gasteiger partial charge in [-0.3, -0.25) is 4.79 Å². The van der Waals surface area contributed by atoms with Crippen molar-refractivity contribution in [2.75, 3.05) is 0 Å². The van der Waals surface area contributed by atoms with E-state index >= 15 is 0 Å². The SMILES string of the molecule is CCCCc1c(C)cc(CCC(=O)c2sc(C(F)(F)F)c3c2CCC(C)(C)C3)cc1CC. The Kier molecular flexibility index (Phi) is 7.59. The molecule has 0 radical (unpaired) electrons. The molecule has 0 saturated carbocycles. The highest BCUT2D eigenvalue weighted by atomic mass is 32.1.